The Balaban J connectivity index is 3.51. The van der Waals surface area contributed by atoms with Crippen LogP contribution in [0.5, 0.6) is 0 Å². The molecule has 0 radical (unpaired) electrons. The van der Waals surface area contributed by atoms with Crippen LogP contribution in [0.2, 0.25) is 0 Å². The largest absolute Gasteiger partial charge is 0.276 e. The van der Waals surface area contributed by atoms with Gasteiger partial charge in [0.25, 0.3) is 10.5 Å². The molecular formula is C10H6Cl2O2. The van der Waals surface area contributed by atoms with Crippen LogP contribution in [-0.2, 0) is 0 Å². The van der Waals surface area contributed by atoms with Crippen LogP contribution in [0.15, 0.2) is 24.8 Å². The summed E-state index contributed by atoms with van der Waals surface area (Å²) in [6.07, 6.45) is 1.44. The summed E-state index contributed by atoms with van der Waals surface area (Å²) in [5.74, 6) is 0. The van der Waals surface area contributed by atoms with Crippen LogP contribution in [0.25, 0.3) is 6.08 Å². The second kappa shape index (κ2) is 4.40. The van der Waals surface area contributed by atoms with E-state index in [1.807, 2.05) is 0 Å². The van der Waals surface area contributed by atoms with E-state index in [2.05, 4.69) is 6.58 Å². The molecule has 0 saturated heterocycles. The van der Waals surface area contributed by atoms with Gasteiger partial charge in [0.2, 0.25) is 0 Å². The van der Waals surface area contributed by atoms with Gasteiger partial charge in [-0.25, -0.2) is 0 Å². The van der Waals surface area contributed by atoms with Gasteiger partial charge in [0.1, 0.15) is 0 Å². The van der Waals surface area contributed by atoms with E-state index in [0.717, 1.165) is 0 Å². The fourth-order valence-electron chi connectivity index (χ4n) is 1.12. The van der Waals surface area contributed by atoms with E-state index >= 15 is 0 Å². The predicted octanol–water partition coefficient (Wildman–Crippen LogP) is 3.09. The molecule has 4 heteroatoms. The van der Waals surface area contributed by atoms with Crippen molar-refractivity contribution in [3.05, 3.63) is 41.5 Å². The molecule has 1 rings (SSSR count). The van der Waals surface area contributed by atoms with Crippen molar-refractivity contribution in [2.75, 3.05) is 0 Å². The lowest BCUT2D eigenvalue weighted by Gasteiger charge is -2.04. The van der Waals surface area contributed by atoms with Gasteiger partial charge >= 0.3 is 0 Å². The first-order chi connectivity index (χ1) is 6.57. The van der Waals surface area contributed by atoms with Gasteiger partial charge in [-0.1, -0.05) is 24.8 Å². The third kappa shape index (κ3) is 2.03. The SMILES string of the molecule is C=Cc1cccc(C(=O)Cl)c1C(=O)Cl. The quantitative estimate of drug-likeness (QED) is 0.746. The Bertz CT molecular complexity index is 411. The first-order valence-corrected chi connectivity index (χ1v) is 4.48. The number of benzene rings is 1. The first-order valence-electron chi connectivity index (χ1n) is 3.73. The van der Waals surface area contributed by atoms with E-state index in [0.29, 0.717) is 5.56 Å². The van der Waals surface area contributed by atoms with Crippen LogP contribution in [0.4, 0.5) is 0 Å². The maximum absolute atomic E-state index is 11.1. The zero-order chi connectivity index (χ0) is 10.7. The predicted molar refractivity (Wildman–Crippen MR) is 56.9 cm³/mol. The Hall–Kier alpha value is -1.12. The summed E-state index contributed by atoms with van der Waals surface area (Å²) in [6.45, 7) is 3.51. The highest BCUT2D eigenvalue weighted by Crippen LogP contribution is 2.20. The molecule has 0 unspecified atom stereocenters. The van der Waals surface area contributed by atoms with Gasteiger partial charge in [-0.2, -0.15) is 0 Å². The van der Waals surface area contributed by atoms with Crippen molar-refractivity contribution in [2.24, 2.45) is 0 Å². The molecule has 0 aliphatic carbocycles. The average Bonchev–Trinajstić information content (AvgIpc) is 2.16. The normalized spacial score (nSPS) is 9.57. The van der Waals surface area contributed by atoms with Crippen LogP contribution in [0.3, 0.4) is 0 Å². The van der Waals surface area contributed by atoms with Crippen molar-refractivity contribution < 1.29 is 9.59 Å². The Labute approximate surface area is 91.1 Å². The van der Waals surface area contributed by atoms with Gasteiger partial charge in [0, 0.05) is 5.56 Å². The third-order valence-electron chi connectivity index (χ3n) is 1.72. The van der Waals surface area contributed by atoms with Gasteiger partial charge in [-0.05, 0) is 34.8 Å². The van der Waals surface area contributed by atoms with Crippen molar-refractivity contribution in [3.63, 3.8) is 0 Å². The van der Waals surface area contributed by atoms with Crippen molar-refractivity contribution in [2.45, 2.75) is 0 Å². The molecule has 0 bridgehead atoms. The van der Waals surface area contributed by atoms with Crippen molar-refractivity contribution in [1.82, 2.24) is 0 Å². The lowest BCUT2D eigenvalue weighted by molar-refractivity contribution is 0.105. The molecule has 0 saturated carbocycles. The van der Waals surface area contributed by atoms with Gasteiger partial charge < -0.3 is 0 Å². The van der Waals surface area contributed by atoms with E-state index in [4.69, 9.17) is 23.2 Å². The molecule has 0 fully saturated rings. The molecule has 0 N–H and O–H groups in total. The monoisotopic (exact) mass is 228 g/mol. The van der Waals surface area contributed by atoms with Gasteiger partial charge in [-0.15, -0.1) is 0 Å². The zero-order valence-electron chi connectivity index (χ0n) is 7.09. The van der Waals surface area contributed by atoms with E-state index in [9.17, 15) is 9.59 Å². The Morgan fingerprint density at radius 3 is 2.29 bits per heavy atom. The fraction of sp³-hybridized carbons (Fsp3) is 0. The van der Waals surface area contributed by atoms with E-state index in [1.54, 1.807) is 12.1 Å². The number of rotatable bonds is 3. The Morgan fingerprint density at radius 2 is 1.86 bits per heavy atom. The Kier molecular flexibility index (Phi) is 3.44. The number of carbonyl (C=O) groups is 2. The molecule has 14 heavy (non-hydrogen) atoms. The van der Waals surface area contributed by atoms with Gasteiger partial charge in [0.05, 0.1) is 5.56 Å². The standard InChI is InChI=1S/C10H6Cl2O2/c1-2-6-4-3-5-7(9(11)13)8(6)10(12)14/h2-5H,1H2. The molecule has 0 aromatic heterocycles. The summed E-state index contributed by atoms with van der Waals surface area (Å²) in [6, 6.07) is 4.68. The molecule has 0 spiro atoms. The second-order valence-corrected chi connectivity index (χ2v) is 3.21. The maximum atomic E-state index is 11.1. The lowest BCUT2D eigenvalue weighted by atomic mass is 10.0. The first kappa shape index (κ1) is 11.0. The summed E-state index contributed by atoms with van der Waals surface area (Å²) < 4.78 is 0. The van der Waals surface area contributed by atoms with Crippen LogP contribution in [0.1, 0.15) is 26.3 Å². The van der Waals surface area contributed by atoms with Crippen molar-refractivity contribution in [3.8, 4) is 0 Å². The molecule has 0 heterocycles. The average molecular weight is 229 g/mol. The second-order valence-electron chi connectivity index (χ2n) is 2.52. The Morgan fingerprint density at radius 1 is 1.21 bits per heavy atom. The van der Waals surface area contributed by atoms with Gasteiger partial charge in [-0.3, -0.25) is 9.59 Å². The van der Waals surface area contributed by atoms with Crippen LogP contribution in [-0.4, -0.2) is 10.5 Å². The van der Waals surface area contributed by atoms with Crippen LogP contribution in [0, 0.1) is 0 Å². The fourth-order valence-corrected chi connectivity index (χ4v) is 1.49. The van der Waals surface area contributed by atoms with E-state index in [-0.39, 0.29) is 11.1 Å². The molecule has 0 aliphatic rings. The van der Waals surface area contributed by atoms with Crippen LogP contribution >= 0.6 is 23.2 Å². The zero-order valence-corrected chi connectivity index (χ0v) is 8.60. The minimum Gasteiger partial charge on any atom is -0.276 e. The number of halogens is 2. The lowest BCUT2D eigenvalue weighted by Crippen LogP contribution is -2.03. The summed E-state index contributed by atoms with van der Waals surface area (Å²) >= 11 is 10.6. The number of hydrogen-bond acceptors (Lipinski definition) is 2. The molecule has 1 aromatic rings. The highest BCUT2D eigenvalue weighted by atomic mass is 35.5. The molecule has 0 amide bonds. The molecule has 72 valence electrons. The summed E-state index contributed by atoms with van der Waals surface area (Å²) in [7, 11) is 0. The summed E-state index contributed by atoms with van der Waals surface area (Å²) in [4.78, 5) is 22.0. The molecule has 2 nitrogen and oxygen atoms in total. The highest BCUT2D eigenvalue weighted by molar-refractivity contribution is 6.72. The van der Waals surface area contributed by atoms with Crippen LogP contribution < -0.4 is 0 Å². The number of hydrogen-bond donors (Lipinski definition) is 0. The van der Waals surface area contributed by atoms with Gasteiger partial charge in [0.15, 0.2) is 0 Å². The maximum Gasteiger partial charge on any atom is 0.253 e. The molecule has 0 atom stereocenters. The molecular weight excluding hydrogens is 223 g/mol. The smallest absolute Gasteiger partial charge is 0.253 e. The van der Waals surface area contributed by atoms with E-state index < -0.39 is 10.5 Å². The minimum atomic E-state index is -0.718. The molecule has 1 aromatic carbocycles. The number of carbonyl (C=O) groups excluding carboxylic acids is 2. The van der Waals surface area contributed by atoms with E-state index in [1.165, 1.54) is 12.1 Å². The topological polar surface area (TPSA) is 34.1 Å². The summed E-state index contributed by atoms with van der Waals surface area (Å²) in [5.41, 5.74) is 0.699. The minimum absolute atomic E-state index is 0.101. The highest BCUT2D eigenvalue weighted by Gasteiger charge is 2.16. The molecule has 0 aliphatic heterocycles. The van der Waals surface area contributed by atoms with Crippen molar-refractivity contribution in [1.29, 1.82) is 0 Å². The summed E-state index contributed by atoms with van der Waals surface area (Å²) in [5, 5.41) is -1.43. The van der Waals surface area contributed by atoms with Crippen molar-refractivity contribution >= 4 is 39.8 Å². The third-order valence-corrected chi connectivity index (χ3v) is 2.12.